The summed E-state index contributed by atoms with van der Waals surface area (Å²) in [5.41, 5.74) is 5.38. The number of carbonyl (C=O) groups excluding carboxylic acids is 1. The average molecular weight is 374 g/mol. The lowest BCUT2D eigenvalue weighted by Gasteiger charge is -2.20. The molecule has 3 aromatic heterocycles. The number of aromatic nitrogens is 4. The Labute approximate surface area is 163 Å². The number of aryl methyl sites for hydroxylation is 2. The largest absolute Gasteiger partial charge is 0.325 e. The summed E-state index contributed by atoms with van der Waals surface area (Å²) < 4.78 is 1.79. The SMILES string of the molecule is CC(=O)Nc1cc2c(cn1)C1(CC1)CN2c1cc(C)cc(-c2ccn(C)n2)n1. The molecule has 1 N–H and O–H groups in total. The first kappa shape index (κ1) is 16.9. The summed E-state index contributed by atoms with van der Waals surface area (Å²) in [6.45, 7) is 4.47. The van der Waals surface area contributed by atoms with Crippen LogP contribution >= 0.6 is 0 Å². The third kappa shape index (κ3) is 2.74. The molecule has 28 heavy (non-hydrogen) atoms. The van der Waals surface area contributed by atoms with E-state index < -0.39 is 0 Å². The number of carbonyl (C=O) groups is 1. The van der Waals surface area contributed by atoms with Crippen molar-refractivity contribution < 1.29 is 4.79 Å². The zero-order chi connectivity index (χ0) is 19.5. The van der Waals surface area contributed by atoms with Gasteiger partial charge in [-0.15, -0.1) is 0 Å². The van der Waals surface area contributed by atoms with E-state index in [1.165, 1.54) is 12.5 Å². The van der Waals surface area contributed by atoms with E-state index in [1.54, 1.807) is 4.68 Å². The van der Waals surface area contributed by atoms with Crippen LogP contribution in [0.2, 0.25) is 0 Å². The van der Waals surface area contributed by atoms with Gasteiger partial charge in [0.2, 0.25) is 5.91 Å². The highest BCUT2D eigenvalue weighted by molar-refractivity contribution is 5.89. The lowest BCUT2D eigenvalue weighted by Crippen LogP contribution is -2.20. The number of amides is 1. The van der Waals surface area contributed by atoms with Crippen molar-refractivity contribution in [3.05, 3.63) is 47.8 Å². The van der Waals surface area contributed by atoms with Crippen LogP contribution in [0.3, 0.4) is 0 Å². The van der Waals surface area contributed by atoms with Crippen molar-refractivity contribution in [3.63, 3.8) is 0 Å². The van der Waals surface area contributed by atoms with Crippen LogP contribution in [0, 0.1) is 6.92 Å². The Hall–Kier alpha value is -3.22. The predicted molar refractivity (Wildman–Crippen MR) is 108 cm³/mol. The minimum atomic E-state index is -0.121. The van der Waals surface area contributed by atoms with Gasteiger partial charge in [-0.1, -0.05) is 0 Å². The van der Waals surface area contributed by atoms with Crippen LogP contribution in [-0.4, -0.2) is 32.2 Å². The maximum absolute atomic E-state index is 11.5. The van der Waals surface area contributed by atoms with E-state index in [9.17, 15) is 4.79 Å². The second kappa shape index (κ2) is 5.89. The van der Waals surface area contributed by atoms with Crippen molar-refractivity contribution in [1.29, 1.82) is 0 Å². The fourth-order valence-electron chi connectivity index (χ4n) is 4.05. The summed E-state index contributed by atoms with van der Waals surface area (Å²) >= 11 is 0. The van der Waals surface area contributed by atoms with Gasteiger partial charge in [0.1, 0.15) is 17.3 Å². The Bertz CT molecular complexity index is 1100. The summed E-state index contributed by atoms with van der Waals surface area (Å²) in [6.07, 6.45) is 6.17. The summed E-state index contributed by atoms with van der Waals surface area (Å²) in [7, 11) is 1.91. The number of pyridine rings is 2. The van der Waals surface area contributed by atoms with E-state index >= 15 is 0 Å². The van der Waals surface area contributed by atoms with E-state index in [1.807, 2.05) is 31.6 Å². The standard InChI is InChI=1S/C21H22N6O/c1-13-8-17(16-4-7-26(3)25-16)24-20(9-13)27-12-21(5-6-21)15-11-22-19(10-18(15)27)23-14(2)28/h4,7-11H,5-6,12H2,1-3H3,(H,22,23,28). The number of anilines is 3. The lowest BCUT2D eigenvalue weighted by molar-refractivity contribution is -0.114. The van der Waals surface area contributed by atoms with Crippen molar-refractivity contribution >= 4 is 23.2 Å². The number of hydrogen-bond donors (Lipinski definition) is 1. The van der Waals surface area contributed by atoms with Crippen LogP contribution in [-0.2, 0) is 17.3 Å². The van der Waals surface area contributed by atoms with E-state index in [-0.39, 0.29) is 11.3 Å². The molecule has 0 aromatic carbocycles. The average Bonchev–Trinajstić information content (AvgIpc) is 3.17. The number of nitrogens with zero attached hydrogens (tertiary/aromatic N) is 5. The first-order valence-corrected chi connectivity index (χ1v) is 9.48. The Morgan fingerprint density at radius 3 is 2.71 bits per heavy atom. The van der Waals surface area contributed by atoms with E-state index in [4.69, 9.17) is 4.98 Å². The van der Waals surface area contributed by atoms with Gasteiger partial charge < -0.3 is 10.2 Å². The van der Waals surface area contributed by atoms with Crippen LogP contribution in [0.25, 0.3) is 11.4 Å². The van der Waals surface area contributed by atoms with E-state index in [0.717, 1.165) is 47.8 Å². The third-order valence-electron chi connectivity index (χ3n) is 5.57. The number of nitrogens with one attached hydrogen (secondary N) is 1. The summed E-state index contributed by atoms with van der Waals surface area (Å²) in [4.78, 5) is 23.1. The Balaban J connectivity index is 1.59. The summed E-state index contributed by atoms with van der Waals surface area (Å²) in [5, 5.41) is 7.30. The third-order valence-corrected chi connectivity index (χ3v) is 5.57. The van der Waals surface area contributed by atoms with Crippen LogP contribution in [0.15, 0.2) is 36.7 Å². The molecule has 0 atom stereocenters. The quantitative estimate of drug-likeness (QED) is 0.761. The maximum atomic E-state index is 11.5. The molecule has 1 fully saturated rings. The van der Waals surface area contributed by atoms with Crippen LogP contribution in [0.5, 0.6) is 0 Å². The second-order valence-electron chi connectivity index (χ2n) is 7.90. The Kier molecular flexibility index (Phi) is 3.56. The minimum Gasteiger partial charge on any atom is -0.325 e. The van der Waals surface area contributed by atoms with Crippen LogP contribution < -0.4 is 10.2 Å². The topological polar surface area (TPSA) is 75.9 Å². The molecule has 4 heterocycles. The fraction of sp³-hybridized carbons (Fsp3) is 0.333. The molecule has 0 bridgehead atoms. The second-order valence-corrected chi connectivity index (χ2v) is 7.90. The molecule has 7 nitrogen and oxygen atoms in total. The molecular formula is C21H22N6O. The predicted octanol–water partition coefficient (Wildman–Crippen LogP) is 3.33. The number of fused-ring (bicyclic) bond motifs is 2. The highest BCUT2D eigenvalue weighted by atomic mass is 16.1. The van der Waals surface area contributed by atoms with Gasteiger partial charge in [0.25, 0.3) is 0 Å². The molecule has 1 saturated carbocycles. The molecule has 1 aliphatic carbocycles. The van der Waals surface area contributed by atoms with Gasteiger partial charge in [0.05, 0.1) is 11.4 Å². The van der Waals surface area contributed by atoms with Crippen LogP contribution in [0.4, 0.5) is 17.3 Å². The number of hydrogen-bond acceptors (Lipinski definition) is 5. The fourth-order valence-corrected chi connectivity index (χ4v) is 4.05. The van der Waals surface area contributed by atoms with Gasteiger partial charge in [0, 0.05) is 50.0 Å². The van der Waals surface area contributed by atoms with Gasteiger partial charge in [-0.2, -0.15) is 5.10 Å². The minimum absolute atomic E-state index is 0.121. The molecular weight excluding hydrogens is 352 g/mol. The van der Waals surface area contributed by atoms with Crippen molar-refractivity contribution in [2.75, 3.05) is 16.8 Å². The van der Waals surface area contributed by atoms with E-state index in [0.29, 0.717) is 5.82 Å². The molecule has 142 valence electrons. The normalized spacial score (nSPS) is 16.3. The zero-order valence-electron chi connectivity index (χ0n) is 16.2. The van der Waals surface area contributed by atoms with Gasteiger partial charge in [-0.05, 0) is 43.5 Å². The summed E-state index contributed by atoms with van der Waals surface area (Å²) in [5.74, 6) is 1.36. The van der Waals surface area contributed by atoms with Crippen molar-refractivity contribution in [3.8, 4) is 11.4 Å². The molecule has 3 aromatic rings. The molecule has 1 aliphatic heterocycles. The first-order chi connectivity index (χ1) is 13.4. The highest BCUT2D eigenvalue weighted by Gasteiger charge is 2.52. The summed E-state index contributed by atoms with van der Waals surface area (Å²) in [6, 6.07) is 8.11. The van der Waals surface area contributed by atoms with Gasteiger partial charge in [-0.3, -0.25) is 9.48 Å². The molecule has 1 spiro atoms. The molecule has 5 rings (SSSR count). The molecule has 0 unspecified atom stereocenters. The van der Waals surface area contributed by atoms with E-state index in [2.05, 4.69) is 39.4 Å². The molecule has 7 heteroatoms. The lowest BCUT2D eigenvalue weighted by atomic mass is 10.0. The molecule has 0 saturated heterocycles. The van der Waals surface area contributed by atoms with Crippen LogP contribution in [0.1, 0.15) is 30.9 Å². The van der Waals surface area contributed by atoms with Crippen molar-refractivity contribution in [2.45, 2.75) is 32.1 Å². The molecule has 0 radical (unpaired) electrons. The Morgan fingerprint density at radius 2 is 2.04 bits per heavy atom. The monoisotopic (exact) mass is 374 g/mol. The molecule has 1 amide bonds. The molecule has 2 aliphatic rings. The smallest absolute Gasteiger partial charge is 0.222 e. The van der Waals surface area contributed by atoms with Gasteiger partial charge >= 0.3 is 0 Å². The van der Waals surface area contributed by atoms with Crippen molar-refractivity contribution in [1.82, 2.24) is 19.7 Å². The van der Waals surface area contributed by atoms with Gasteiger partial charge in [-0.25, -0.2) is 9.97 Å². The maximum Gasteiger partial charge on any atom is 0.222 e. The number of rotatable bonds is 3. The first-order valence-electron chi connectivity index (χ1n) is 9.48. The Morgan fingerprint density at radius 1 is 1.21 bits per heavy atom. The zero-order valence-corrected chi connectivity index (χ0v) is 16.2. The van der Waals surface area contributed by atoms with Crippen molar-refractivity contribution in [2.24, 2.45) is 7.05 Å². The highest BCUT2D eigenvalue weighted by Crippen LogP contribution is 2.58. The van der Waals surface area contributed by atoms with Gasteiger partial charge in [0.15, 0.2) is 0 Å².